The van der Waals surface area contributed by atoms with Gasteiger partial charge in [-0.3, -0.25) is 14.5 Å². The molecule has 0 bridgehead atoms. The summed E-state index contributed by atoms with van der Waals surface area (Å²) in [6.07, 6.45) is -1.93. The third kappa shape index (κ3) is 8.95. The summed E-state index contributed by atoms with van der Waals surface area (Å²) < 4.78 is 17.9. The zero-order valence-corrected chi connectivity index (χ0v) is 25.2. The van der Waals surface area contributed by atoms with Crippen LogP contribution in [0.1, 0.15) is 73.5 Å². The third-order valence-corrected chi connectivity index (χ3v) is 7.83. The number of hydrogen-bond donors (Lipinski definition) is 3. The van der Waals surface area contributed by atoms with Crippen molar-refractivity contribution in [1.29, 1.82) is 0 Å². The van der Waals surface area contributed by atoms with Gasteiger partial charge in [0.1, 0.15) is 0 Å². The second kappa shape index (κ2) is 15.2. The first-order valence-corrected chi connectivity index (χ1v) is 14.6. The minimum Gasteiger partial charge on any atom is -0.453 e. The average molecular weight is 591 g/mol. The van der Waals surface area contributed by atoms with Crippen LogP contribution in [0.2, 0.25) is 0 Å². The van der Waals surface area contributed by atoms with Gasteiger partial charge in [0.2, 0.25) is 0 Å². The molecule has 1 heterocycles. The smallest absolute Gasteiger partial charge is 0.303 e. The van der Waals surface area contributed by atoms with Gasteiger partial charge in [-0.05, 0) is 43.1 Å². The number of carbonyl (C=O) groups excluding carboxylic acids is 2. The van der Waals surface area contributed by atoms with Crippen molar-refractivity contribution in [1.82, 2.24) is 10.2 Å². The Labute approximate surface area is 253 Å². The Kier molecular flexibility index (Phi) is 11.4. The lowest BCUT2D eigenvalue weighted by molar-refractivity contribution is -0.253. The molecule has 230 valence electrons. The SMILES string of the molecule is CC(=O)O[C@@H](C)C(=O)NCc1ccc(C2O[C@H](CN(C)[C@@H](C)[C@H](O)c3ccccc3)C[C@H](c3ccc(CO)cc3)O2)cc1. The fourth-order valence-corrected chi connectivity index (χ4v) is 5.12. The van der Waals surface area contributed by atoms with E-state index in [9.17, 15) is 19.8 Å². The molecule has 1 amide bonds. The summed E-state index contributed by atoms with van der Waals surface area (Å²) in [6.45, 7) is 5.64. The molecule has 1 fully saturated rings. The Morgan fingerprint density at radius 2 is 1.58 bits per heavy atom. The summed E-state index contributed by atoms with van der Waals surface area (Å²) in [5.74, 6) is -0.875. The van der Waals surface area contributed by atoms with Crippen LogP contribution in [-0.4, -0.2) is 58.8 Å². The minimum absolute atomic E-state index is 0.0257. The Balaban J connectivity index is 1.46. The first-order chi connectivity index (χ1) is 20.6. The van der Waals surface area contributed by atoms with Crippen LogP contribution in [0, 0.1) is 0 Å². The van der Waals surface area contributed by atoms with Crippen LogP contribution in [0.25, 0.3) is 0 Å². The van der Waals surface area contributed by atoms with E-state index < -0.39 is 24.5 Å². The predicted octanol–water partition coefficient (Wildman–Crippen LogP) is 4.35. The van der Waals surface area contributed by atoms with Gasteiger partial charge in [0.25, 0.3) is 5.91 Å². The van der Waals surface area contributed by atoms with Crippen molar-refractivity contribution in [2.75, 3.05) is 13.6 Å². The van der Waals surface area contributed by atoms with Gasteiger partial charge >= 0.3 is 5.97 Å². The van der Waals surface area contributed by atoms with E-state index in [0.717, 1.165) is 27.8 Å². The summed E-state index contributed by atoms with van der Waals surface area (Å²) in [4.78, 5) is 25.4. The van der Waals surface area contributed by atoms with Gasteiger partial charge in [0, 0.05) is 38.0 Å². The number of amides is 1. The topological polar surface area (TPSA) is 118 Å². The zero-order valence-electron chi connectivity index (χ0n) is 25.2. The Bertz CT molecular complexity index is 1320. The number of hydrogen-bond acceptors (Lipinski definition) is 8. The molecule has 3 aromatic carbocycles. The molecular formula is C34H42N2O7. The minimum atomic E-state index is -0.865. The van der Waals surface area contributed by atoms with Gasteiger partial charge in [-0.25, -0.2) is 0 Å². The molecule has 0 spiro atoms. The molecule has 9 heteroatoms. The van der Waals surface area contributed by atoms with Crippen LogP contribution >= 0.6 is 0 Å². The Hall–Kier alpha value is -3.60. The standard InChI is InChI=1S/C34H42N2O7/c1-22(32(39)28-8-6-5-7-9-28)36(4)20-30-18-31(27-14-12-26(21-37)13-15-27)43-34(42-30)29-16-10-25(11-17-29)19-35-33(40)23(2)41-24(3)38/h5-17,22-23,30-32,34,37,39H,18-21H2,1-4H3,(H,35,40)/t22-,23-,30-,31+,32-,34?/m0/s1. The lowest BCUT2D eigenvalue weighted by atomic mass is 9.98. The molecule has 0 radical (unpaired) electrons. The highest BCUT2D eigenvalue weighted by Crippen LogP contribution is 2.38. The van der Waals surface area contributed by atoms with Gasteiger partial charge in [-0.15, -0.1) is 0 Å². The van der Waals surface area contributed by atoms with E-state index in [0.29, 0.717) is 13.0 Å². The highest BCUT2D eigenvalue weighted by atomic mass is 16.7. The molecule has 1 unspecified atom stereocenters. The van der Waals surface area contributed by atoms with E-state index in [1.54, 1.807) is 0 Å². The van der Waals surface area contributed by atoms with E-state index in [1.165, 1.54) is 13.8 Å². The number of aliphatic hydroxyl groups is 2. The van der Waals surface area contributed by atoms with Gasteiger partial charge in [-0.1, -0.05) is 78.9 Å². The molecule has 0 saturated carbocycles. The molecular weight excluding hydrogens is 548 g/mol. The molecule has 0 aliphatic carbocycles. The lowest BCUT2D eigenvalue weighted by Crippen LogP contribution is -2.43. The van der Waals surface area contributed by atoms with Crippen LogP contribution in [0.4, 0.5) is 0 Å². The van der Waals surface area contributed by atoms with Gasteiger partial charge in [-0.2, -0.15) is 0 Å². The van der Waals surface area contributed by atoms with Crippen molar-refractivity contribution >= 4 is 11.9 Å². The fraction of sp³-hybridized carbons (Fsp3) is 0.412. The van der Waals surface area contributed by atoms with Crippen LogP contribution in [0.5, 0.6) is 0 Å². The molecule has 3 aromatic rings. The van der Waals surface area contributed by atoms with Crippen molar-refractivity contribution in [3.05, 3.63) is 107 Å². The maximum atomic E-state index is 12.2. The van der Waals surface area contributed by atoms with Crippen LogP contribution in [0.15, 0.2) is 78.9 Å². The quantitative estimate of drug-likeness (QED) is 0.267. The van der Waals surface area contributed by atoms with Gasteiger partial charge in [0.15, 0.2) is 12.4 Å². The molecule has 4 rings (SSSR count). The number of nitrogens with one attached hydrogen (secondary N) is 1. The summed E-state index contributed by atoms with van der Waals surface area (Å²) >= 11 is 0. The molecule has 6 atom stereocenters. The molecule has 1 aliphatic rings. The third-order valence-electron chi connectivity index (χ3n) is 7.83. The first-order valence-electron chi connectivity index (χ1n) is 14.6. The zero-order chi connectivity index (χ0) is 30.9. The van der Waals surface area contributed by atoms with E-state index in [1.807, 2.05) is 92.8 Å². The van der Waals surface area contributed by atoms with Gasteiger partial charge < -0.3 is 29.7 Å². The highest BCUT2D eigenvalue weighted by Gasteiger charge is 2.34. The van der Waals surface area contributed by atoms with Crippen molar-refractivity contribution in [2.45, 2.75) is 77.1 Å². The normalized spacial score (nSPS) is 20.7. The molecule has 1 saturated heterocycles. The maximum absolute atomic E-state index is 12.2. The van der Waals surface area contributed by atoms with Crippen molar-refractivity contribution in [2.24, 2.45) is 0 Å². The predicted molar refractivity (Wildman–Crippen MR) is 161 cm³/mol. The summed E-state index contributed by atoms with van der Waals surface area (Å²) in [5, 5.41) is 23.3. The second-order valence-corrected chi connectivity index (χ2v) is 11.1. The summed E-state index contributed by atoms with van der Waals surface area (Å²) in [5.41, 5.74) is 4.41. The second-order valence-electron chi connectivity index (χ2n) is 11.1. The molecule has 43 heavy (non-hydrogen) atoms. The maximum Gasteiger partial charge on any atom is 0.303 e. The van der Waals surface area contributed by atoms with Crippen LogP contribution < -0.4 is 5.32 Å². The average Bonchev–Trinajstić information content (AvgIpc) is 3.03. The highest BCUT2D eigenvalue weighted by molar-refractivity contribution is 5.82. The van der Waals surface area contributed by atoms with Crippen molar-refractivity contribution < 1.29 is 34.0 Å². The lowest BCUT2D eigenvalue weighted by Gasteiger charge is -2.39. The summed E-state index contributed by atoms with van der Waals surface area (Å²) in [6, 6.07) is 24.9. The number of nitrogens with zero attached hydrogens (tertiary/aromatic N) is 1. The molecule has 0 aromatic heterocycles. The van der Waals surface area contributed by atoms with E-state index in [4.69, 9.17) is 14.2 Å². The number of rotatable bonds is 12. The van der Waals surface area contributed by atoms with Crippen molar-refractivity contribution in [3.63, 3.8) is 0 Å². The van der Waals surface area contributed by atoms with Crippen LogP contribution in [0.3, 0.4) is 0 Å². The largest absolute Gasteiger partial charge is 0.453 e. The number of esters is 1. The van der Waals surface area contributed by atoms with E-state index in [2.05, 4.69) is 10.2 Å². The van der Waals surface area contributed by atoms with Crippen molar-refractivity contribution in [3.8, 4) is 0 Å². The Morgan fingerprint density at radius 3 is 2.21 bits per heavy atom. The molecule has 3 N–H and O–H groups in total. The first kappa shape index (κ1) is 32.3. The number of benzene rings is 3. The van der Waals surface area contributed by atoms with E-state index >= 15 is 0 Å². The fourth-order valence-electron chi connectivity index (χ4n) is 5.12. The number of likely N-dealkylation sites (N-methyl/N-ethyl adjacent to an activating group) is 1. The molecule has 9 nitrogen and oxygen atoms in total. The molecule has 1 aliphatic heterocycles. The number of aliphatic hydroxyl groups excluding tert-OH is 2. The summed E-state index contributed by atoms with van der Waals surface area (Å²) in [7, 11) is 1.99. The Morgan fingerprint density at radius 1 is 0.953 bits per heavy atom. The number of ether oxygens (including phenoxy) is 3. The van der Waals surface area contributed by atoms with E-state index in [-0.39, 0.29) is 37.3 Å². The number of carbonyl (C=O) groups is 2. The monoisotopic (exact) mass is 590 g/mol. The van der Waals surface area contributed by atoms with Gasteiger partial charge in [0.05, 0.1) is 24.9 Å². The van der Waals surface area contributed by atoms with Crippen LogP contribution in [-0.2, 0) is 37.0 Å².